The van der Waals surface area contributed by atoms with Crippen LogP contribution in [0.4, 0.5) is 5.82 Å². The monoisotopic (exact) mass is 446 g/mol. The Morgan fingerprint density at radius 1 is 1.20 bits per heavy atom. The molecule has 0 saturated carbocycles. The molecular weight excluding hydrogens is 427 g/mol. The predicted molar refractivity (Wildman–Crippen MR) is 114 cm³/mol. The minimum absolute atomic E-state index is 0.125. The Balaban J connectivity index is 1.43. The minimum Gasteiger partial charge on any atom is -0.472 e. The molecule has 9 heteroatoms. The maximum absolute atomic E-state index is 12.9. The van der Waals surface area contributed by atoms with E-state index in [1.807, 2.05) is 0 Å². The second kappa shape index (κ2) is 8.93. The number of hydrogen-bond donors (Lipinski definition) is 1. The zero-order chi connectivity index (χ0) is 21.1. The number of benzene rings is 1. The summed E-state index contributed by atoms with van der Waals surface area (Å²) in [7, 11) is 0. The van der Waals surface area contributed by atoms with Gasteiger partial charge in [-0.2, -0.15) is 5.10 Å². The summed E-state index contributed by atoms with van der Waals surface area (Å²) in [6.45, 7) is 1.31. The Morgan fingerprint density at radius 3 is 2.73 bits per heavy atom. The van der Waals surface area contributed by atoms with Crippen LogP contribution in [0.5, 0.6) is 0 Å². The Morgan fingerprint density at radius 2 is 2.00 bits per heavy atom. The summed E-state index contributed by atoms with van der Waals surface area (Å²) in [5.41, 5.74) is 1.22. The van der Waals surface area contributed by atoms with E-state index >= 15 is 0 Å². The molecular formula is C21H20Cl2N4O3. The zero-order valence-corrected chi connectivity index (χ0v) is 17.6. The second-order valence-corrected chi connectivity index (χ2v) is 7.98. The Labute approximate surface area is 183 Å². The number of carbonyl (C=O) groups is 2. The van der Waals surface area contributed by atoms with Crippen LogP contribution in [0.2, 0.25) is 10.0 Å². The van der Waals surface area contributed by atoms with E-state index in [0.29, 0.717) is 47.5 Å². The van der Waals surface area contributed by atoms with Crippen molar-refractivity contribution >= 4 is 40.8 Å². The highest BCUT2D eigenvalue weighted by atomic mass is 35.5. The molecule has 1 saturated heterocycles. The van der Waals surface area contributed by atoms with Crippen LogP contribution in [-0.2, 0) is 11.3 Å². The molecule has 3 aromatic rings. The number of halogens is 2. The third-order valence-corrected chi connectivity index (χ3v) is 5.89. The van der Waals surface area contributed by atoms with Crippen molar-refractivity contribution in [2.24, 2.45) is 5.92 Å². The van der Waals surface area contributed by atoms with E-state index in [4.69, 9.17) is 27.6 Å². The Bertz CT molecular complexity index is 1030. The van der Waals surface area contributed by atoms with Crippen LogP contribution in [0.25, 0.3) is 0 Å². The van der Waals surface area contributed by atoms with Crippen molar-refractivity contribution in [1.82, 2.24) is 14.7 Å². The van der Waals surface area contributed by atoms with E-state index in [0.717, 1.165) is 12.0 Å². The van der Waals surface area contributed by atoms with Gasteiger partial charge in [0.05, 0.1) is 30.5 Å². The number of rotatable bonds is 5. The van der Waals surface area contributed by atoms with Gasteiger partial charge in [0.25, 0.3) is 5.91 Å². The summed E-state index contributed by atoms with van der Waals surface area (Å²) < 4.78 is 6.64. The first kappa shape index (κ1) is 20.5. The summed E-state index contributed by atoms with van der Waals surface area (Å²) in [4.78, 5) is 27.2. The first-order valence-electron chi connectivity index (χ1n) is 9.60. The van der Waals surface area contributed by atoms with Gasteiger partial charge in [0.1, 0.15) is 12.1 Å². The van der Waals surface area contributed by atoms with E-state index in [-0.39, 0.29) is 17.7 Å². The molecule has 0 aliphatic carbocycles. The molecule has 1 aromatic carbocycles. The van der Waals surface area contributed by atoms with E-state index in [1.54, 1.807) is 46.1 Å². The van der Waals surface area contributed by atoms with Crippen LogP contribution in [0.15, 0.2) is 53.5 Å². The number of aromatic nitrogens is 2. The predicted octanol–water partition coefficient (Wildman–Crippen LogP) is 4.32. The Kier molecular flexibility index (Phi) is 6.11. The highest BCUT2D eigenvalue weighted by molar-refractivity contribution is 6.36. The molecule has 4 rings (SSSR count). The topological polar surface area (TPSA) is 80.4 Å². The van der Waals surface area contributed by atoms with Crippen molar-refractivity contribution in [3.63, 3.8) is 0 Å². The number of furan rings is 1. The number of hydrogen-bond acceptors (Lipinski definition) is 4. The summed E-state index contributed by atoms with van der Waals surface area (Å²) in [5, 5.41) is 8.29. The lowest BCUT2D eigenvalue weighted by Gasteiger charge is -2.31. The molecule has 1 aliphatic rings. The van der Waals surface area contributed by atoms with Crippen molar-refractivity contribution in [3.05, 3.63) is 70.2 Å². The largest absolute Gasteiger partial charge is 0.472 e. The fraction of sp³-hybridized carbons (Fsp3) is 0.286. The van der Waals surface area contributed by atoms with Gasteiger partial charge in [-0.05, 0) is 31.0 Å². The molecule has 1 fully saturated rings. The van der Waals surface area contributed by atoms with Crippen molar-refractivity contribution in [3.8, 4) is 0 Å². The number of nitrogens with one attached hydrogen (secondary N) is 1. The molecule has 1 unspecified atom stereocenters. The van der Waals surface area contributed by atoms with Gasteiger partial charge >= 0.3 is 0 Å². The highest BCUT2D eigenvalue weighted by Gasteiger charge is 2.29. The standard InChI is InChI=1S/C21H20Cl2N4O3/c22-17-4-1-5-18(23)16(17)12-27-19(6-8-24-27)25-20(28)14-3-2-9-26(11-14)21(29)15-7-10-30-13-15/h1,4-8,10,13-14H,2-3,9,11-12H2,(H,25,28). The van der Waals surface area contributed by atoms with Gasteiger partial charge < -0.3 is 14.6 Å². The van der Waals surface area contributed by atoms with Gasteiger partial charge in [-0.3, -0.25) is 9.59 Å². The first-order chi connectivity index (χ1) is 14.5. The smallest absolute Gasteiger partial charge is 0.257 e. The number of carbonyl (C=O) groups excluding carboxylic acids is 2. The van der Waals surface area contributed by atoms with Crippen LogP contribution < -0.4 is 5.32 Å². The van der Waals surface area contributed by atoms with Crippen molar-refractivity contribution < 1.29 is 14.0 Å². The maximum atomic E-state index is 12.9. The molecule has 0 spiro atoms. The van der Waals surface area contributed by atoms with E-state index in [9.17, 15) is 9.59 Å². The fourth-order valence-corrected chi connectivity index (χ4v) is 4.09. The summed E-state index contributed by atoms with van der Waals surface area (Å²) >= 11 is 12.5. The molecule has 2 amide bonds. The zero-order valence-electron chi connectivity index (χ0n) is 16.1. The van der Waals surface area contributed by atoms with E-state index < -0.39 is 0 Å². The molecule has 3 heterocycles. The van der Waals surface area contributed by atoms with Gasteiger partial charge in [-0.15, -0.1) is 0 Å². The number of anilines is 1. The fourth-order valence-electron chi connectivity index (χ4n) is 3.57. The van der Waals surface area contributed by atoms with E-state index in [1.165, 1.54) is 12.5 Å². The van der Waals surface area contributed by atoms with Gasteiger partial charge in [-0.25, -0.2) is 4.68 Å². The van der Waals surface area contributed by atoms with Crippen molar-refractivity contribution in [2.75, 3.05) is 18.4 Å². The number of piperidine rings is 1. The van der Waals surface area contributed by atoms with Crippen molar-refractivity contribution in [1.29, 1.82) is 0 Å². The average molecular weight is 447 g/mol. The molecule has 2 aromatic heterocycles. The number of likely N-dealkylation sites (tertiary alicyclic amines) is 1. The van der Waals surface area contributed by atoms with Gasteiger partial charge in [-0.1, -0.05) is 29.3 Å². The summed E-state index contributed by atoms with van der Waals surface area (Å²) in [5.74, 6) is -0.0255. The molecule has 0 radical (unpaired) electrons. The molecule has 1 atom stereocenters. The number of amides is 2. The normalized spacial score (nSPS) is 16.5. The van der Waals surface area contributed by atoms with Crippen LogP contribution >= 0.6 is 23.2 Å². The summed E-state index contributed by atoms with van der Waals surface area (Å²) in [6, 6.07) is 8.65. The summed E-state index contributed by atoms with van der Waals surface area (Å²) in [6.07, 6.45) is 5.97. The number of nitrogens with zero attached hydrogens (tertiary/aromatic N) is 3. The van der Waals surface area contributed by atoms with E-state index in [2.05, 4.69) is 10.4 Å². The molecule has 1 N–H and O–H groups in total. The van der Waals surface area contributed by atoms with Crippen LogP contribution in [0.3, 0.4) is 0 Å². The lowest BCUT2D eigenvalue weighted by Crippen LogP contribution is -2.43. The molecule has 0 bridgehead atoms. The lowest BCUT2D eigenvalue weighted by molar-refractivity contribution is -0.121. The SMILES string of the molecule is O=C(Nc1ccnn1Cc1c(Cl)cccc1Cl)C1CCCN(C(=O)c2ccoc2)C1. The molecule has 7 nitrogen and oxygen atoms in total. The van der Waals surface area contributed by atoms with Gasteiger partial charge in [0.15, 0.2) is 0 Å². The van der Waals surface area contributed by atoms with Crippen LogP contribution in [-0.4, -0.2) is 39.6 Å². The van der Waals surface area contributed by atoms with Crippen LogP contribution in [0, 0.1) is 5.92 Å². The minimum atomic E-state index is -0.304. The molecule has 156 valence electrons. The van der Waals surface area contributed by atoms with Crippen LogP contribution in [0.1, 0.15) is 28.8 Å². The first-order valence-corrected chi connectivity index (χ1v) is 10.4. The lowest BCUT2D eigenvalue weighted by atomic mass is 9.96. The highest BCUT2D eigenvalue weighted by Crippen LogP contribution is 2.26. The van der Waals surface area contributed by atoms with Gasteiger partial charge in [0, 0.05) is 34.8 Å². The average Bonchev–Trinajstić information content (AvgIpc) is 3.43. The van der Waals surface area contributed by atoms with Crippen molar-refractivity contribution in [2.45, 2.75) is 19.4 Å². The Hall–Kier alpha value is -2.77. The quantitative estimate of drug-likeness (QED) is 0.632. The molecule has 1 aliphatic heterocycles. The maximum Gasteiger partial charge on any atom is 0.257 e. The third-order valence-electron chi connectivity index (χ3n) is 5.18. The third kappa shape index (κ3) is 4.37. The molecule has 30 heavy (non-hydrogen) atoms. The van der Waals surface area contributed by atoms with Gasteiger partial charge in [0.2, 0.25) is 5.91 Å². The second-order valence-electron chi connectivity index (χ2n) is 7.17.